The van der Waals surface area contributed by atoms with Crippen molar-refractivity contribution in [3.05, 3.63) is 41.0 Å². The number of alkyl halides is 4. The molecule has 3 fully saturated rings. The Morgan fingerprint density at radius 1 is 1.22 bits per heavy atom. The average Bonchev–Trinajstić information content (AvgIpc) is 3.89. The van der Waals surface area contributed by atoms with E-state index in [-0.39, 0.29) is 77.1 Å². The molecule has 2 N–H and O–H groups in total. The van der Waals surface area contributed by atoms with Crippen LogP contribution < -0.4 is 15.4 Å². The Hall–Kier alpha value is -4.60. The second-order valence-electron chi connectivity index (χ2n) is 13.9. The first-order chi connectivity index (χ1) is 25.7. The van der Waals surface area contributed by atoms with Gasteiger partial charge < -0.3 is 29.7 Å². The number of carbonyl (C=O) groups is 1. The van der Waals surface area contributed by atoms with Crippen molar-refractivity contribution in [2.24, 2.45) is 0 Å². The van der Waals surface area contributed by atoms with Gasteiger partial charge in [-0.05, 0) is 50.4 Å². The summed E-state index contributed by atoms with van der Waals surface area (Å²) in [4.78, 5) is 26.8. The van der Waals surface area contributed by atoms with Crippen LogP contribution in [0.25, 0.3) is 32.1 Å². The molecule has 4 unspecified atom stereocenters. The molecule has 4 aromatic rings. The molecule has 0 saturated carbocycles. The Kier molecular flexibility index (Phi) is 9.94. The van der Waals surface area contributed by atoms with Gasteiger partial charge in [-0.2, -0.15) is 28.4 Å². The van der Waals surface area contributed by atoms with Gasteiger partial charge in [0, 0.05) is 49.5 Å². The predicted molar refractivity (Wildman–Crippen MR) is 189 cm³/mol. The molecule has 0 bridgehead atoms. The van der Waals surface area contributed by atoms with Gasteiger partial charge in [-0.1, -0.05) is 6.07 Å². The number of likely N-dealkylation sites (tertiary alicyclic amines) is 1. The molecule has 288 valence electrons. The van der Waals surface area contributed by atoms with E-state index in [0.29, 0.717) is 30.7 Å². The lowest BCUT2D eigenvalue weighted by atomic mass is 9.92. The summed E-state index contributed by atoms with van der Waals surface area (Å²) in [5.41, 5.74) is 1.75. The van der Waals surface area contributed by atoms with Gasteiger partial charge in [-0.25, -0.2) is 18.0 Å². The number of hydrogen-bond donors (Lipinski definition) is 1. The number of hydrogen-bond acceptors (Lipinski definition) is 11. The maximum Gasteiger partial charge on any atom is 0.417 e. The van der Waals surface area contributed by atoms with Crippen molar-refractivity contribution < 1.29 is 45.3 Å². The van der Waals surface area contributed by atoms with Crippen molar-refractivity contribution in [1.29, 1.82) is 5.26 Å². The molecule has 54 heavy (non-hydrogen) atoms. The second kappa shape index (κ2) is 14.2. The number of thiophene rings is 1. The maximum absolute atomic E-state index is 17.3. The fraction of sp³-hybridized carbons (Fsp3) is 0.500. The number of nitriles is 1. The third-order valence-electron chi connectivity index (χ3n) is 10.8. The first-order valence-corrected chi connectivity index (χ1v) is 18.2. The number of carbonyl (C=O) groups excluding carboxylic acids is 1. The molecule has 3 aliphatic heterocycles. The van der Waals surface area contributed by atoms with Gasteiger partial charge in [0.1, 0.15) is 41.0 Å². The lowest BCUT2D eigenvalue weighted by Crippen LogP contribution is -2.43. The van der Waals surface area contributed by atoms with E-state index >= 15 is 22.0 Å². The smallest absolute Gasteiger partial charge is 0.417 e. The summed E-state index contributed by atoms with van der Waals surface area (Å²) >= 11 is 0.668. The minimum atomic E-state index is -5.15. The molecule has 11 nitrogen and oxygen atoms in total. The van der Waals surface area contributed by atoms with E-state index < -0.39 is 69.9 Å². The van der Waals surface area contributed by atoms with E-state index in [1.807, 2.05) is 11.0 Å². The fourth-order valence-electron chi connectivity index (χ4n) is 8.51. The van der Waals surface area contributed by atoms with Crippen LogP contribution in [-0.2, 0) is 15.7 Å². The zero-order valence-electron chi connectivity index (χ0n) is 29.6. The number of amides is 1. The fourth-order valence-corrected chi connectivity index (χ4v) is 9.46. The number of ether oxygens (including phenoxy) is 3. The number of nitrogens with zero attached hydrogens (tertiary/aromatic N) is 6. The van der Waals surface area contributed by atoms with Crippen LogP contribution in [0.5, 0.6) is 6.01 Å². The van der Waals surface area contributed by atoms with Crippen LogP contribution in [0.4, 0.5) is 42.0 Å². The molecular weight excluding hydrogens is 740 g/mol. The molecule has 5 heterocycles. The summed E-state index contributed by atoms with van der Waals surface area (Å²) in [7, 11) is 2.71. The molecule has 2 aromatic carbocycles. The Labute approximate surface area is 310 Å². The highest BCUT2D eigenvalue weighted by Crippen LogP contribution is 2.48. The number of fused-ring (bicyclic) bond motifs is 3. The molecule has 18 heteroatoms. The first kappa shape index (κ1) is 37.7. The van der Waals surface area contributed by atoms with E-state index in [4.69, 9.17) is 19.9 Å². The minimum Gasteiger partial charge on any atom is -0.461 e. The molecule has 4 atom stereocenters. The first-order valence-electron chi connectivity index (χ1n) is 17.4. The molecule has 0 radical (unpaired) electrons. The van der Waals surface area contributed by atoms with Crippen molar-refractivity contribution >= 4 is 49.2 Å². The van der Waals surface area contributed by atoms with E-state index in [1.54, 1.807) is 11.8 Å². The zero-order valence-corrected chi connectivity index (χ0v) is 30.4. The minimum absolute atomic E-state index is 0.0483. The highest BCUT2D eigenvalue weighted by atomic mass is 32.1. The van der Waals surface area contributed by atoms with Crippen molar-refractivity contribution in [2.45, 2.75) is 62.6 Å². The number of methoxy groups -OCH3 is 2. The molecule has 2 aromatic heterocycles. The van der Waals surface area contributed by atoms with Gasteiger partial charge in [0.2, 0.25) is 0 Å². The summed E-state index contributed by atoms with van der Waals surface area (Å²) in [6.07, 6.45) is -4.88. The third kappa shape index (κ3) is 6.29. The van der Waals surface area contributed by atoms with Crippen LogP contribution in [-0.4, -0.2) is 103 Å². The quantitative estimate of drug-likeness (QED) is 0.179. The standard InChI is InChI=1S/C36H37F6N7O4S/c1-4-48(19-10-20(16-51-2)49(15-19)34(50)52-3)32-22-11-24(36(40,41)42)27(21-6-7-25(38)30-26(21)23(13-43)31(44)54-30)28(39)29(22)45-33(46-32)53-17-35-8-5-9-47(35)14-18(37)12-35/h6-7,11,18-20H,4-5,8-10,12,14-17,44H2,1-3H3. The number of rotatable bonds is 9. The van der Waals surface area contributed by atoms with Crippen molar-refractivity contribution in [1.82, 2.24) is 19.8 Å². The van der Waals surface area contributed by atoms with Crippen LogP contribution in [0.15, 0.2) is 18.2 Å². The molecule has 3 saturated heterocycles. The summed E-state index contributed by atoms with van der Waals surface area (Å²) in [6.45, 7) is 2.99. The second-order valence-corrected chi connectivity index (χ2v) is 14.9. The SMILES string of the molecule is CCN(c1nc(OCC23CCCN2CC(F)C3)nc2c(F)c(-c3ccc(F)c4sc(N)c(C#N)c34)c(C(F)(F)F)cc12)C1CC(COC)N(C(=O)OC)C1. The molecule has 7 rings (SSSR count). The molecule has 0 aliphatic carbocycles. The van der Waals surface area contributed by atoms with E-state index in [0.717, 1.165) is 24.6 Å². The van der Waals surface area contributed by atoms with E-state index in [2.05, 4.69) is 9.97 Å². The lowest BCUT2D eigenvalue weighted by Gasteiger charge is -2.32. The van der Waals surface area contributed by atoms with Gasteiger partial charge in [0.25, 0.3) is 0 Å². The zero-order chi connectivity index (χ0) is 38.7. The number of benzene rings is 2. The Morgan fingerprint density at radius 3 is 2.69 bits per heavy atom. The van der Waals surface area contributed by atoms with Gasteiger partial charge in [-0.3, -0.25) is 4.90 Å². The topological polar surface area (TPSA) is 130 Å². The number of aromatic nitrogens is 2. The molecule has 3 aliphatic rings. The van der Waals surface area contributed by atoms with Gasteiger partial charge in [0.15, 0.2) is 5.82 Å². The van der Waals surface area contributed by atoms with Gasteiger partial charge >= 0.3 is 18.3 Å². The third-order valence-corrected chi connectivity index (χ3v) is 11.9. The molecular formula is C36H37F6N7O4S. The van der Waals surface area contributed by atoms with Gasteiger partial charge in [-0.15, -0.1) is 11.3 Å². The number of halogens is 6. The van der Waals surface area contributed by atoms with Crippen LogP contribution in [0, 0.1) is 23.0 Å². The number of anilines is 2. The monoisotopic (exact) mass is 777 g/mol. The highest BCUT2D eigenvalue weighted by molar-refractivity contribution is 7.23. The van der Waals surface area contributed by atoms with Crippen molar-refractivity contribution in [2.75, 3.05) is 64.2 Å². The van der Waals surface area contributed by atoms with Crippen molar-refractivity contribution in [3.8, 4) is 23.2 Å². The normalized spacial score (nSPS) is 23.0. The van der Waals surface area contributed by atoms with Crippen LogP contribution in [0.3, 0.4) is 0 Å². The summed E-state index contributed by atoms with van der Waals surface area (Å²) < 4.78 is 109. The molecule has 1 amide bonds. The molecule has 0 spiro atoms. The number of nitrogen functional groups attached to an aromatic ring is 1. The summed E-state index contributed by atoms with van der Waals surface area (Å²) in [5, 5.41) is 9.18. The van der Waals surface area contributed by atoms with Crippen LogP contribution >= 0.6 is 11.3 Å². The summed E-state index contributed by atoms with van der Waals surface area (Å²) in [6, 6.07) is 3.12. The van der Waals surface area contributed by atoms with E-state index in [9.17, 15) is 14.4 Å². The van der Waals surface area contributed by atoms with Crippen molar-refractivity contribution in [3.63, 3.8) is 0 Å². The van der Waals surface area contributed by atoms with Gasteiger partial charge in [0.05, 0.1) is 47.2 Å². The van der Waals surface area contributed by atoms with Crippen LogP contribution in [0.2, 0.25) is 0 Å². The predicted octanol–water partition coefficient (Wildman–Crippen LogP) is 6.90. The van der Waals surface area contributed by atoms with Crippen LogP contribution in [0.1, 0.15) is 43.7 Å². The summed E-state index contributed by atoms with van der Waals surface area (Å²) in [5.74, 6) is -2.33. The highest BCUT2D eigenvalue weighted by Gasteiger charge is 2.50. The number of nitrogens with two attached hydrogens (primary N) is 1. The Balaban J connectivity index is 1.45. The van der Waals surface area contributed by atoms with E-state index in [1.165, 1.54) is 19.1 Å². The average molecular weight is 778 g/mol. The lowest BCUT2D eigenvalue weighted by molar-refractivity contribution is -0.137. The Bertz CT molecular complexity index is 2160. The maximum atomic E-state index is 17.3. The number of likely N-dealkylation sites (N-methyl/N-ethyl adjacent to an activating group) is 1. The Morgan fingerprint density at radius 2 is 2.00 bits per heavy atom. The largest absolute Gasteiger partial charge is 0.461 e.